The largest absolute Gasteiger partial charge is 0.342 e. The van der Waals surface area contributed by atoms with E-state index in [0.717, 1.165) is 5.82 Å². The molecule has 1 atom stereocenters. The zero-order valence-electron chi connectivity index (χ0n) is 10.7. The minimum absolute atomic E-state index is 0.172. The lowest BCUT2D eigenvalue weighted by atomic mass is 9.95. The third-order valence-corrected chi connectivity index (χ3v) is 3.17. The van der Waals surface area contributed by atoms with E-state index in [0.29, 0.717) is 23.7 Å². The van der Waals surface area contributed by atoms with Crippen molar-refractivity contribution in [1.82, 2.24) is 9.97 Å². The van der Waals surface area contributed by atoms with Crippen LogP contribution in [0.4, 0.5) is 4.39 Å². The van der Waals surface area contributed by atoms with Gasteiger partial charge in [0.1, 0.15) is 11.6 Å². The molecule has 0 bridgehead atoms. The molecule has 1 unspecified atom stereocenters. The van der Waals surface area contributed by atoms with Gasteiger partial charge in [-0.3, -0.25) is 0 Å². The fourth-order valence-corrected chi connectivity index (χ4v) is 2.04. The number of imidazole rings is 1. The van der Waals surface area contributed by atoms with Crippen LogP contribution in [-0.2, 0) is 0 Å². The monoisotopic (exact) mass is 247 g/mol. The highest BCUT2D eigenvalue weighted by Crippen LogP contribution is 2.25. The first-order chi connectivity index (χ1) is 8.63. The lowest BCUT2D eigenvalue weighted by Crippen LogP contribution is -2.19. The maximum atomic E-state index is 13.7. The number of hydrogen-bond donors (Lipinski definition) is 2. The molecule has 2 rings (SSSR count). The molecule has 0 aliphatic rings. The van der Waals surface area contributed by atoms with Crippen LogP contribution in [0.3, 0.4) is 0 Å². The van der Waals surface area contributed by atoms with Gasteiger partial charge in [0, 0.05) is 18.0 Å². The van der Waals surface area contributed by atoms with Crippen molar-refractivity contribution in [2.45, 2.75) is 19.8 Å². The van der Waals surface area contributed by atoms with Crippen molar-refractivity contribution in [3.8, 4) is 11.3 Å². The summed E-state index contributed by atoms with van der Waals surface area (Å²) in [5, 5.41) is 0. The summed E-state index contributed by atoms with van der Waals surface area (Å²) in [4.78, 5) is 7.50. The summed E-state index contributed by atoms with van der Waals surface area (Å²) in [5.41, 5.74) is 6.98. The first-order valence-corrected chi connectivity index (χ1v) is 6.13. The molecule has 0 amide bonds. The van der Waals surface area contributed by atoms with Crippen LogP contribution < -0.4 is 5.73 Å². The SMILES string of the molecule is CC(C)C(CN)c1ncc(-c2ccccc2F)[nH]1. The second kappa shape index (κ2) is 5.31. The number of aromatic nitrogens is 2. The fourth-order valence-electron chi connectivity index (χ4n) is 2.04. The van der Waals surface area contributed by atoms with Crippen LogP contribution >= 0.6 is 0 Å². The van der Waals surface area contributed by atoms with E-state index in [1.165, 1.54) is 6.07 Å². The molecule has 0 aliphatic carbocycles. The van der Waals surface area contributed by atoms with Gasteiger partial charge in [-0.25, -0.2) is 9.37 Å². The average Bonchev–Trinajstić information content (AvgIpc) is 2.79. The fraction of sp³-hybridized carbons (Fsp3) is 0.357. The quantitative estimate of drug-likeness (QED) is 0.872. The molecule has 0 radical (unpaired) electrons. The minimum Gasteiger partial charge on any atom is -0.342 e. The number of aromatic amines is 1. The normalized spacial score (nSPS) is 12.9. The van der Waals surface area contributed by atoms with E-state index in [4.69, 9.17) is 5.73 Å². The predicted octanol–water partition coefficient (Wildman–Crippen LogP) is 2.91. The molecule has 0 spiro atoms. The minimum atomic E-state index is -0.249. The van der Waals surface area contributed by atoms with Crippen molar-refractivity contribution < 1.29 is 4.39 Å². The predicted molar refractivity (Wildman–Crippen MR) is 70.6 cm³/mol. The van der Waals surface area contributed by atoms with Crippen LogP contribution in [0.2, 0.25) is 0 Å². The van der Waals surface area contributed by atoms with E-state index in [-0.39, 0.29) is 11.7 Å². The third-order valence-electron chi connectivity index (χ3n) is 3.17. The smallest absolute Gasteiger partial charge is 0.132 e. The highest BCUT2D eigenvalue weighted by atomic mass is 19.1. The maximum absolute atomic E-state index is 13.7. The Morgan fingerprint density at radius 3 is 2.67 bits per heavy atom. The van der Waals surface area contributed by atoms with Gasteiger partial charge in [0.25, 0.3) is 0 Å². The Labute approximate surface area is 106 Å². The summed E-state index contributed by atoms with van der Waals surface area (Å²) in [6.45, 7) is 4.73. The van der Waals surface area contributed by atoms with Gasteiger partial charge in [0.15, 0.2) is 0 Å². The third kappa shape index (κ3) is 2.43. The van der Waals surface area contributed by atoms with Gasteiger partial charge in [-0.05, 0) is 18.1 Å². The van der Waals surface area contributed by atoms with E-state index in [2.05, 4.69) is 23.8 Å². The summed E-state index contributed by atoms with van der Waals surface area (Å²) in [5.74, 6) is 1.15. The number of nitrogens with one attached hydrogen (secondary N) is 1. The number of nitrogens with zero attached hydrogens (tertiary/aromatic N) is 1. The second-order valence-corrected chi connectivity index (χ2v) is 4.75. The van der Waals surface area contributed by atoms with E-state index in [9.17, 15) is 4.39 Å². The number of benzene rings is 1. The highest BCUT2D eigenvalue weighted by molar-refractivity contribution is 5.59. The molecular formula is C14H18FN3. The summed E-state index contributed by atoms with van der Waals surface area (Å²) < 4.78 is 13.7. The van der Waals surface area contributed by atoms with E-state index >= 15 is 0 Å². The van der Waals surface area contributed by atoms with Gasteiger partial charge in [0.2, 0.25) is 0 Å². The van der Waals surface area contributed by atoms with Gasteiger partial charge in [-0.1, -0.05) is 26.0 Å². The van der Waals surface area contributed by atoms with Crippen molar-refractivity contribution in [3.05, 3.63) is 42.1 Å². The van der Waals surface area contributed by atoms with Crippen molar-refractivity contribution in [3.63, 3.8) is 0 Å². The Morgan fingerprint density at radius 2 is 2.06 bits per heavy atom. The van der Waals surface area contributed by atoms with Crippen LogP contribution in [-0.4, -0.2) is 16.5 Å². The molecule has 0 saturated carbocycles. The summed E-state index contributed by atoms with van der Waals surface area (Å²) in [6.07, 6.45) is 1.67. The van der Waals surface area contributed by atoms with Crippen molar-refractivity contribution in [1.29, 1.82) is 0 Å². The van der Waals surface area contributed by atoms with Crippen LogP contribution in [0, 0.1) is 11.7 Å². The van der Waals surface area contributed by atoms with Crippen molar-refractivity contribution in [2.75, 3.05) is 6.54 Å². The van der Waals surface area contributed by atoms with Gasteiger partial charge in [0.05, 0.1) is 11.9 Å². The van der Waals surface area contributed by atoms with E-state index in [1.54, 1.807) is 18.3 Å². The van der Waals surface area contributed by atoms with Gasteiger partial charge >= 0.3 is 0 Å². The van der Waals surface area contributed by atoms with Crippen LogP contribution in [0.1, 0.15) is 25.6 Å². The first-order valence-electron chi connectivity index (χ1n) is 6.13. The molecule has 1 aromatic carbocycles. The topological polar surface area (TPSA) is 54.7 Å². The zero-order valence-corrected chi connectivity index (χ0v) is 10.7. The lowest BCUT2D eigenvalue weighted by molar-refractivity contribution is 0.487. The number of H-pyrrole nitrogens is 1. The van der Waals surface area contributed by atoms with Gasteiger partial charge < -0.3 is 10.7 Å². The molecule has 0 aliphatic heterocycles. The number of hydrogen-bond acceptors (Lipinski definition) is 2. The summed E-state index contributed by atoms with van der Waals surface area (Å²) >= 11 is 0. The Hall–Kier alpha value is -1.68. The molecule has 3 nitrogen and oxygen atoms in total. The van der Waals surface area contributed by atoms with E-state index in [1.807, 2.05) is 6.07 Å². The molecule has 3 N–H and O–H groups in total. The Balaban J connectivity index is 2.34. The lowest BCUT2D eigenvalue weighted by Gasteiger charge is -2.15. The first kappa shape index (κ1) is 12.8. The standard InChI is InChI=1S/C14H18FN3/c1-9(2)11(7-16)14-17-8-13(18-14)10-5-3-4-6-12(10)15/h3-6,8-9,11H,7,16H2,1-2H3,(H,17,18). The van der Waals surface area contributed by atoms with Crippen LogP contribution in [0.15, 0.2) is 30.5 Å². The Bertz CT molecular complexity index is 519. The Kier molecular flexibility index (Phi) is 3.77. The molecule has 0 saturated heterocycles. The average molecular weight is 247 g/mol. The van der Waals surface area contributed by atoms with Gasteiger partial charge in [-0.15, -0.1) is 0 Å². The molecular weight excluding hydrogens is 229 g/mol. The molecule has 2 aromatic rings. The summed E-state index contributed by atoms with van der Waals surface area (Å²) in [7, 11) is 0. The molecule has 18 heavy (non-hydrogen) atoms. The van der Waals surface area contributed by atoms with Crippen LogP contribution in [0.5, 0.6) is 0 Å². The zero-order chi connectivity index (χ0) is 13.1. The molecule has 96 valence electrons. The number of halogens is 1. The molecule has 1 heterocycles. The molecule has 0 fully saturated rings. The molecule has 1 aromatic heterocycles. The van der Waals surface area contributed by atoms with Crippen LogP contribution in [0.25, 0.3) is 11.3 Å². The maximum Gasteiger partial charge on any atom is 0.132 e. The summed E-state index contributed by atoms with van der Waals surface area (Å²) in [6, 6.07) is 6.66. The van der Waals surface area contributed by atoms with Crippen molar-refractivity contribution in [2.24, 2.45) is 11.7 Å². The number of nitrogens with two attached hydrogens (primary N) is 1. The molecule has 4 heteroatoms. The highest BCUT2D eigenvalue weighted by Gasteiger charge is 2.18. The van der Waals surface area contributed by atoms with Gasteiger partial charge in [-0.2, -0.15) is 0 Å². The van der Waals surface area contributed by atoms with Crippen molar-refractivity contribution >= 4 is 0 Å². The Morgan fingerprint density at radius 1 is 1.33 bits per heavy atom. The van der Waals surface area contributed by atoms with E-state index < -0.39 is 0 Å². The number of rotatable bonds is 4. The second-order valence-electron chi connectivity index (χ2n) is 4.75.